The predicted octanol–water partition coefficient (Wildman–Crippen LogP) is 3.46. The minimum atomic E-state index is -0.508. The van der Waals surface area contributed by atoms with Gasteiger partial charge in [0.25, 0.3) is 11.8 Å². The number of carbonyl (C=O) groups is 3. The summed E-state index contributed by atoms with van der Waals surface area (Å²) in [6.07, 6.45) is 1.65. The summed E-state index contributed by atoms with van der Waals surface area (Å²) < 4.78 is 5.62. The number of thioether (sulfide) groups is 1. The van der Waals surface area contributed by atoms with Crippen LogP contribution in [-0.2, 0) is 9.63 Å². The second-order valence-electron chi connectivity index (χ2n) is 6.56. The van der Waals surface area contributed by atoms with Crippen molar-refractivity contribution in [2.24, 2.45) is 0 Å². The SMILES string of the molecule is Cc1ccc2c(c1)OCN(CCON1C(=O)SC(=Cc3ccccc3)C1=O)C2=O. The molecule has 0 N–H and O–H groups in total. The summed E-state index contributed by atoms with van der Waals surface area (Å²) in [5.41, 5.74) is 2.32. The van der Waals surface area contributed by atoms with E-state index in [0.29, 0.717) is 16.2 Å². The largest absolute Gasteiger partial charge is 0.472 e. The molecule has 2 aliphatic rings. The zero-order valence-corrected chi connectivity index (χ0v) is 16.5. The molecule has 0 spiro atoms. The molecule has 0 aromatic heterocycles. The third-order valence-corrected chi connectivity index (χ3v) is 5.32. The number of hydroxylamine groups is 2. The summed E-state index contributed by atoms with van der Waals surface area (Å²) >= 11 is 0.824. The van der Waals surface area contributed by atoms with Crippen molar-refractivity contribution in [1.29, 1.82) is 0 Å². The van der Waals surface area contributed by atoms with Crippen LogP contribution < -0.4 is 4.74 Å². The molecule has 7 nitrogen and oxygen atoms in total. The van der Waals surface area contributed by atoms with Crippen LogP contribution in [0.1, 0.15) is 21.5 Å². The maximum Gasteiger partial charge on any atom is 0.317 e. The van der Waals surface area contributed by atoms with E-state index in [4.69, 9.17) is 9.57 Å². The van der Waals surface area contributed by atoms with Crippen molar-refractivity contribution in [1.82, 2.24) is 9.96 Å². The van der Waals surface area contributed by atoms with Crippen LogP contribution in [0.5, 0.6) is 5.75 Å². The fourth-order valence-corrected chi connectivity index (χ4v) is 3.75. The second kappa shape index (κ2) is 8.10. The molecule has 2 aromatic carbocycles. The van der Waals surface area contributed by atoms with Crippen molar-refractivity contribution in [2.45, 2.75) is 6.92 Å². The molecule has 2 aromatic rings. The Morgan fingerprint density at radius 3 is 2.69 bits per heavy atom. The molecule has 1 saturated heterocycles. The van der Waals surface area contributed by atoms with Crippen LogP contribution in [0.4, 0.5) is 4.79 Å². The van der Waals surface area contributed by atoms with Crippen molar-refractivity contribution < 1.29 is 24.0 Å². The molecular formula is C21H18N2O5S. The fourth-order valence-electron chi connectivity index (χ4n) is 2.98. The van der Waals surface area contributed by atoms with E-state index in [9.17, 15) is 14.4 Å². The van der Waals surface area contributed by atoms with E-state index in [-0.39, 0.29) is 25.8 Å². The maximum atomic E-state index is 12.6. The van der Waals surface area contributed by atoms with E-state index in [1.54, 1.807) is 12.1 Å². The van der Waals surface area contributed by atoms with Crippen LogP contribution in [-0.4, -0.2) is 46.9 Å². The summed E-state index contributed by atoms with van der Waals surface area (Å²) in [6, 6.07) is 14.7. The van der Waals surface area contributed by atoms with Crippen molar-refractivity contribution in [2.75, 3.05) is 19.9 Å². The molecule has 2 aliphatic heterocycles. The highest BCUT2D eigenvalue weighted by Gasteiger charge is 2.37. The molecule has 0 unspecified atom stereocenters. The standard InChI is InChI=1S/C21H18N2O5S/c1-14-7-8-16-17(11-14)27-13-22(19(16)24)9-10-28-23-20(25)18(29-21(23)26)12-15-5-3-2-4-6-15/h2-8,11-12H,9-10,13H2,1H3. The van der Waals surface area contributed by atoms with Crippen molar-refractivity contribution in [3.05, 3.63) is 70.1 Å². The Kier molecular flexibility index (Phi) is 5.37. The Morgan fingerprint density at radius 2 is 1.90 bits per heavy atom. The Labute approximate surface area is 171 Å². The molecule has 29 heavy (non-hydrogen) atoms. The summed E-state index contributed by atoms with van der Waals surface area (Å²) in [4.78, 5) is 44.3. The first-order chi connectivity index (χ1) is 14.0. The van der Waals surface area contributed by atoms with Gasteiger partial charge in [-0.2, -0.15) is 0 Å². The fraction of sp³-hybridized carbons (Fsp3) is 0.190. The van der Waals surface area contributed by atoms with Crippen LogP contribution in [0.3, 0.4) is 0 Å². The van der Waals surface area contributed by atoms with Crippen LogP contribution in [0, 0.1) is 6.92 Å². The molecule has 0 atom stereocenters. The number of nitrogens with zero attached hydrogens (tertiary/aromatic N) is 2. The van der Waals surface area contributed by atoms with E-state index in [1.807, 2.05) is 49.4 Å². The molecule has 2 heterocycles. The minimum absolute atomic E-state index is 0.00699. The van der Waals surface area contributed by atoms with Gasteiger partial charge in [-0.05, 0) is 48.0 Å². The number of hydrogen-bond acceptors (Lipinski definition) is 6. The highest BCUT2D eigenvalue weighted by molar-refractivity contribution is 8.18. The molecule has 0 aliphatic carbocycles. The molecule has 148 valence electrons. The number of benzene rings is 2. The first-order valence-corrected chi connectivity index (χ1v) is 9.83. The van der Waals surface area contributed by atoms with Gasteiger partial charge in [0.15, 0.2) is 6.73 Å². The zero-order valence-electron chi connectivity index (χ0n) is 15.7. The van der Waals surface area contributed by atoms with E-state index in [2.05, 4.69) is 0 Å². The van der Waals surface area contributed by atoms with Crippen LogP contribution in [0.2, 0.25) is 0 Å². The number of amides is 3. The topological polar surface area (TPSA) is 76.2 Å². The van der Waals surface area contributed by atoms with E-state index in [0.717, 1.165) is 28.0 Å². The average Bonchev–Trinajstić information content (AvgIpc) is 2.97. The van der Waals surface area contributed by atoms with Gasteiger partial charge in [0.2, 0.25) is 0 Å². The van der Waals surface area contributed by atoms with Gasteiger partial charge in [0, 0.05) is 0 Å². The number of aryl methyl sites for hydroxylation is 1. The zero-order chi connectivity index (χ0) is 20.4. The van der Waals surface area contributed by atoms with Crippen molar-refractivity contribution >= 4 is 34.9 Å². The highest BCUT2D eigenvalue weighted by atomic mass is 32.2. The smallest absolute Gasteiger partial charge is 0.317 e. The number of carbonyl (C=O) groups excluding carboxylic acids is 3. The Bertz CT molecular complexity index is 1010. The molecule has 0 saturated carbocycles. The summed E-state index contributed by atoms with van der Waals surface area (Å²) in [5, 5.41) is 0.241. The number of imide groups is 1. The van der Waals surface area contributed by atoms with E-state index in [1.165, 1.54) is 4.90 Å². The predicted molar refractivity (Wildman–Crippen MR) is 108 cm³/mol. The molecule has 8 heteroatoms. The van der Waals surface area contributed by atoms with Gasteiger partial charge in [0.1, 0.15) is 5.75 Å². The Hall–Kier alpha value is -3.10. The van der Waals surface area contributed by atoms with Gasteiger partial charge in [-0.3, -0.25) is 19.2 Å². The first-order valence-electron chi connectivity index (χ1n) is 9.01. The quantitative estimate of drug-likeness (QED) is 0.703. The Morgan fingerprint density at radius 1 is 1.10 bits per heavy atom. The maximum absolute atomic E-state index is 12.6. The van der Waals surface area contributed by atoms with Gasteiger partial charge >= 0.3 is 5.24 Å². The number of hydrogen-bond donors (Lipinski definition) is 0. The molecule has 3 amide bonds. The third kappa shape index (κ3) is 4.03. The van der Waals surface area contributed by atoms with Crippen molar-refractivity contribution in [3.8, 4) is 5.75 Å². The molecular weight excluding hydrogens is 392 g/mol. The minimum Gasteiger partial charge on any atom is -0.472 e. The molecule has 0 radical (unpaired) electrons. The number of rotatable bonds is 5. The van der Waals surface area contributed by atoms with Gasteiger partial charge in [-0.15, -0.1) is 5.06 Å². The van der Waals surface area contributed by atoms with E-state index < -0.39 is 11.1 Å². The van der Waals surface area contributed by atoms with Crippen LogP contribution >= 0.6 is 11.8 Å². The Balaban J connectivity index is 1.36. The third-order valence-electron chi connectivity index (χ3n) is 4.47. The second-order valence-corrected chi connectivity index (χ2v) is 7.55. The lowest BCUT2D eigenvalue weighted by Gasteiger charge is -2.29. The summed E-state index contributed by atoms with van der Waals surface area (Å²) in [7, 11) is 0. The van der Waals surface area contributed by atoms with Crippen LogP contribution in [0.15, 0.2) is 53.4 Å². The van der Waals surface area contributed by atoms with Crippen molar-refractivity contribution in [3.63, 3.8) is 0 Å². The number of ether oxygens (including phenoxy) is 1. The number of fused-ring (bicyclic) bond motifs is 1. The molecule has 4 rings (SSSR count). The van der Waals surface area contributed by atoms with Gasteiger partial charge < -0.3 is 9.64 Å². The monoisotopic (exact) mass is 410 g/mol. The summed E-state index contributed by atoms with van der Waals surface area (Å²) in [5.74, 6) is -0.122. The normalized spacial score (nSPS) is 17.7. The molecule has 1 fully saturated rings. The highest BCUT2D eigenvalue weighted by Crippen LogP contribution is 2.32. The van der Waals surface area contributed by atoms with E-state index >= 15 is 0 Å². The van der Waals surface area contributed by atoms with Gasteiger partial charge in [0.05, 0.1) is 23.6 Å². The lowest BCUT2D eigenvalue weighted by Crippen LogP contribution is -2.42. The lowest BCUT2D eigenvalue weighted by molar-refractivity contribution is -0.160. The average molecular weight is 410 g/mol. The summed E-state index contributed by atoms with van der Waals surface area (Å²) in [6.45, 7) is 2.20. The lowest BCUT2D eigenvalue weighted by atomic mass is 10.1. The van der Waals surface area contributed by atoms with Gasteiger partial charge in [-0.1, -0.05) is 36.4 Å². The van der Waals surface area contributed by atoms with Gasteiger partial charge in [-0.25, -0.2) is 0 Å². The molecule has 0 bridgehead atoms. The van der Waals surface area contributed by atoms with Crippen LogP contribution in [0.25, 0.3) is 6.08 Å². The first kappa shape index (κ1) is 19.2.